The number of hydrogen-bond donors (Lipinski definition) is 1. The van der Waals surface area contributed by atoms with Crippen LogP contribution in [0.3, 0.4) is 0 Å². The summed E-state index contributed by atoms with van der Waals surface area (Å²) >= 11 is 0. The zero-order valence-corrected chi connectivity index (χ0v) is 11.2. The van der Waals surface area contributed by atoms with Gasteiger partial charge in [0, 0.05) is 29.4 Å². The summed E-state index contributed by atoms with van der Waals surface area (Å²) in [5.41, 5.74) is 2.58. The molecule has 1 heterocycles. The van der Waals surface area contributed by atoms with E-state index in [1.54, 1.807) is 0 Å². The first kappa shape index (κ1) is 12.5. The molecule has 2 rings (SSSR count). The summed E-state index contributed by atoms with van der Waals surface area (Å²) in [6.45, 7) is 4.43. The van der Waals surface area contributed by atoms with Crippen molar-refractivity contribution in [2.75, 3.05) is 7.05 Å². The number of nitrogens with one attached hydrogen (secondary N) is 1. The van der Waals surface area contributed by atoms with Crippen LogP contribution in [0.5, 0.6) is 0 Å². The van der Waals surface area contributed by atoms with E-state index in [2.05, 4.69) is 30.3 Å². The van der Waals surface area contributed by atoms with Crippen LogP contribution in [0.15, 0.2) is 6.20 Å². The molecule has 17 heavy (non-hydrogen) atoms. The van der Waals surface area contributed by atoms with Crippen molar-refractivity contribution in [2.24, 2.45) is 0 Å². The molecule has 0 saturated heterocycles. The van der Waals surface area contributed by atoms with Crippen molar-refractivity contribution in [3.8, 4) is 0 Å². The average Bonchev–Trinajstić information content (AvgIpc) is 2.39. The molecule has 0 aromatic carbocycles. The van der Waals surface area contributed by atoms with E-state index in [1.165, 1.54) is 24.1 Å². The highest BCUT2D eigenvalue weighted by Crippen LogP contribution is 2.29. The Balaban J connectivity index is 2.30. The van der Waals surface area contributed by atoms with E-state index in [9.17, 15) is 0 Å². The lowest BCUT2D eigenvalue weighted by Gasteiger charge is -2.25. The second-order valence-corrected chi connectivity index (χ2v) is 4.88. The summed E-state index contributed by atoms with van der Waals surface area (Å²) in [4.78, 5) is 9.38. The van der Waals surface area contributed by atoms with Crippen molar-refractivity contribution in [1.82, 2.24) is 15.3 Å². The van der Waals surface area contributed by atoms with Gasteiger partial charge in [0.2, 0.25) is 0 Å². The lowest BCUT2D eigenvalue weighted by Crippen LogP contribution is -2.23. The van der Waals surface area contributed by atoms with E-state index in [4.69, 9.17) is 4.98 Å². The van der Waals surface area contributed by atoms with Gasteiger partial charge >= 0.3 is 0 Å². The lowest BCUT2D eigenvalue weighted by molar-refractivity contribution is 0.481. The number of hydrogen-bond acceptors (Lipinski definition) is 3. The summed E-state index contributed by atoms with van der Waals surface area (Å²) in [7, 11) is 2.02. The molecule has 1 atom stereocenters. The molecule has 1 aliphatic carbocycles. The SMILES string of the molecule is CCC(CC)c1ncc2c(n1)CCCC2NC. The van der Waals surface area contributed by atoms with Crippen molar-refractivity contribution < 1.29 is 0 Å². The van der Waals surface area contributed by atoms with Crippen molar-refractivity contribution >= 4 is 0 Å². The number of nitrogens with zero attached hydrogens (tertiary/aromatic N) is 2. The van der Waals surface area contributed by atoms with Gasteiger partial charge in [-0.2, -0.15) is 0 Å². The molecular formula is C14H23N3. The molecule has 0 aliphatic heterocycles. The molecule has 3 heteroatoms. The molecule has 94 valence electrons. The molecule has 1 N–H and O–H groups in total. The molecule has 0 spiro atoms. The van der Waals surface area contributed by atoms with Crippen LogP contribution in [-0.4, -0.2) is 17.0 Å². The standard InChI is InChI=1S/C14H23N3/c1-4-10(5-2)14-16-9-11-12(15-3)7-6-8-13(11)17-14/h9-10,12,15H,4-8H2,1-3H3. The van der Waals surface area contributed by atoms with Crippen LogP contribution in [0, 0.1) is 0 Å². The normalized spacial score (nSPS) is 19.4. The fraction of sp³-hybridized carbons (Fsp3) is 0.714. The summed E-state index contributed by atoms with van der Waals surface area (Å²) < 4.78 is 0. The van der Waals surface area contributed by atoms with Gasteiger partial charge < -0.3 is 5.32 Å². The maximum atomic E-state index is 4.80. The van der Waals surface area contributed by atoms with Gasteiger partial charge in [-0.05, 0) is 39.2 Å². The fourth-order valence-corrected chi connectivity index (χ4v) is 2.71. The predicted molar refractivity (Wildman–Crippen MR) is 70.1 cm³/mol. The minimum absolute atomic E-state index is 0.453. The Hall–Kier alpha value is -0.960. The first-order chi connectivity index (χ1) is 8.30. The molecule has 1 aromatic heterocycles. The zero-order valence-electron chi connectivity index (χ0n) is 11.2. The zero-order chi connectivity index (χ0) is 12.3. The minimum atomic E-state index is 0.453. The Kier molecular flexibility index (Phi) is 4.11. The third-order valence-corrected chi connectivity index (χ3v) is 3.90. The van der Waals surface area contributed by atoms with Crippen LogP contribution < -0.4 is 5.32 Å². The third kappa shape index (κ3) is 2.49. The smallest absolute Gasteiger partial charge is 0.131 e. The molecule has 3 nitrogen and oxygen atoms in total. The van der Waals surface area contributed by atoms with Crippen molar-refractivity contribution in [2.45, 2.75) is 57.9 Å². The molecule has 1 aliphatic rings. The second-order valence-electron chi connectivity index (χ2n) is 4.88. The van der Waals surface area contributed by atoms with E-state index in [-0.39, 0.29) is 0 Å². The first-order valence-corrected chi connectivity index (χ1v) is 6.83. The Labute approximate surface area is 104 Å². The fourth-order valence-electron chi connectivity index (χ4n) is 2.71. The van der Waals surface area contributed by atoms with Gasteiger partial charge in [0.25, 0.3) is 0 Å². The Morgan fingerprint density at radius 2 is 2.18 bits per heavy atom. The lowest BCUT2D eigenvalue weighted by atomic mass is 9.92. The number of fused-ring (bicyclic) bond motifs is 1. The van der Waals surface area contributed by atoms with Gasteiger partial charge in [-0.15, -0.1) is 0 Å². The summed E-state index contributed by atoms with van der Waals surface area (Å²) in [5.74, 6) is 1.57. The molecule has 0 fully saturated rings. The summed E-state index contributed by atoms with van der Waals surface area (Å²) in [6, 6.07) is 0.453. The number of rotatable bonds is 4. The van der Waals surface area contributed by atoms with Crippen molar-refractivity contribution in [1.29, 1.82) is 0 Å². The Morgan fingerprint density at radius 3 is 2.82 bits per heavy atom. The van der Waals surface area contributed by atoms with Crippen molar-refractivity contribution in [3.63, 3.8) is 0 Å². The van der Waals surface area contributed by atoms with Gasteiger partial charge in [0.05, 0.1) is 0 Å². The molecule has 0 radical (unpaired) electrons. The van der Waals surface area contributed by atoms with Gasteiger partial charge in [-0.3, -0.25) is 0 Å². The van der Waals surface area contributed by atoms with E-state index >= 15 is 0 Å². The van der Waals surface area contributed by atoms with Gasteiger partial charge in [-0.25, -0.2) is 9.97 Å². The van der Waals surface area contributed by atoms with Crippen LogP contribution in [-0.2, 0) is 6.42 Å². The average molecular weight is 233 g/mol. The molecule has 0 amide bonds. The molecule has 1 aromatic rings. The maximum absolute atomic E-state index is 4.80. The largest absolute Gasteiger partial charge is 0.313 e. The van der Waals surface area contributed by atoms with E-state index in [0.717, 1.165) is 25.1 Å². The molecule has 1 unspecified atom stereocenters. The molecule has 0 bridgehead atoms. The van der Waals surface area contributed by atoms with Gasteiger partial charge in [0.15, 0.2) is 0 Å². The topological polar surface area (TPSA) is 37.8 Å². The quantitative estimate of drug-likeness (QED) is 0.868. The van der Waals surface area contributed by atoms with Gasteiger partial charge in [0.1, 0.15) is 5.82 Å². The number of aryl methyl sites for hydroxylation is 1. The Morgan fingerprint density at radius 1 is 1.41 bits per heavy atom. The van der Waals surface area contributed by atoms with Crippen LogP contribution in [0.2, 0.25) is 0 Å². The summed E-state index contributed by atoms with van der Waals surface area (Å²) in [6.07, 6.45) is 7.87. The Bertz CT molecular complexity index is 372. The minimum Gasteiger partial charge on any atom is -0.313 e. The second kappa shape index (κ2) is 5.58. The highest BCUT2D eigenvalue weighted by atomic mass is 14.9. The van der Waals surface area contributed by atoms with Crippen LogP contribution in [0.25, 0.3) is 0 Å². The monoisotopic (exact) mass is 233 g/mol. The van der Waals surface area contributed by atoms with Crippen molar-refractivity contribution in [3.05, 3.63) is 23.3 Å². The number of aromatic nitrogens is 2. The summed E-state index contributed by atoms with van der Waals surface area (Å²) in [5, 5.41) is 3.36. The van der Waals surface area contributed by atoms with Gasteiger partial charge in [-0.1, -0.05) is 13.8 Å². The first-order valence-electron chi connectivity index (χ1n) is 6.83. The van der Waals surface area contributed by atoms with Crippen LogP contribution >= 0.6 is 0 Å². The molecular weight excluding hydrogens is 210 g/mol. The highest BCUT2D eigenvalue weighted by molar-refractivity contribution is 5.25. The van der Waals surface area contributed by atoms with E-state index in [1.807, 2.05) is 7.05 Å². The highest BCUT2D eigenvalue weighted by Gasteiger charge is 2.22. The third-order valence-electron chi connectivity index (χ3n) is 3.90. The van der Waals surface area contributed by atoms with E-state index < -0.39 is 0 Å². The predicted octanol–water partition coefficient (Wildman–Crippen LogP) is 2.98. The molecule has 0 saturated carbocycles. The van der Waals surface area contributed by atoms with Crippen LogP contribution in [0.4, 0.5) is 0 Å². The maximum Gasteiger partial charge on any atom is 0.131 e. The van der Waals surface area contributed by atoms with E-state index in [0.29, 0.717) is 12.0 Å². The van der Waals surface area contributed by atoms with Crippen LogP contribution in [0.1, 0.15) is 68.6 Å².